The summed E-state index contributed by atoms with van der Waals surface area (Å²) in [4.78, 5) is 0. The monoisotopic (exact) mass is 237 g/mol. The van der Waals surface area contributed by atoms with Crippen LogP contribution in [0.2, 0.25) is 0 Å². The lowest BCUT2D eigenvalue weighted by Gasteiger charge is -2.28. The van der Waals surface area contributed by atoms with Crippen LogP contribution in [0.25, 0.3) is 0 Å². The summed E-state index contributed by atoms with van der Waals surface area (Å²) >= 11 is 0. The fourth-order valence-corrected chi connectivity index (χ4v) is 2.50. The fourth-order valence-electron chi connectivity index (χ4n) is 2.50. The van der Waals surface area contributed by atoms with Crippen LogP contribution in [-0.4, -0.2) is 17.3 Å². The predicted octanol–water partition coefficient (Wildman–Crippen LogP) is 2.80. The fraction of sp³-hybridized carbons (Fsp3) is 0.714. The molecule has 1 heterocycles. The minimum Gasteiger partial charge on any atom is -0.464 e. The highest BCUT2D eigenvalue weighted by Gasteiger charge is 2.21. The Hall–Kier alpha value is -0.800. The third kappa shape index (κ3) is 3.33. The maximum absolute atomic E-state index is 9.47. The molecule has 0 bridgehead atoms. The molecule has 3 heteroatoms. The van der Waals surface area contributed by atoms with Gasteiger partial charge in [-0.1, -0.05) is 6.92 Å². The van der Waals surface area contributed by atoms with Gasteiger partial charge in [-0.15, -0.1) is 0 Å². The molecule has 17 heavy (non-hydrogen) atoms. The number of furan rings is 1. The second kappa shape index (κ2) is 5.69. The van der Waals surface area contributed by atoms with Gasteiger partial charge in [-0.3, -0.25) is 0 Å². The molecule has 0 aliphatic heterocycles. The summed E-state index contributed by atoms with van der Waals surface area (Å²) in [6.07, 6.45) is 4.83. The van der Waals surface area contributed by atoms with E-state index in [1.807, 2.05) is 0 Å². The summed E-state index contributed by atoms with van der Waals surface area (Å²) in [5.74, 6) is 2.07. The summed E-state index contributed by atoms with van der Waals surface area (Å²) in [6, 6.07) is 4.89. The van der Waals surface area contributed by atoms with Crippen LogP contribution in [0.15, 0.2) is 16.5 Å². The van der Waals surface area contributed by atoms with Crippen molar-refractivity contribution in [2.45, 2.75) is 64.1 Å². The molecule has 0 radical (unpaired) electrons. The van der Waals surface area contributed by atoms with Crippen LogP contribution in [-0.2, 0) is 6.42 Å². The van der Waals surface area contributed by atoms with Crippen LogP contribution in [0.5, 0.6) is 0 Å². The molecule has 1 saturated carbocycles. The summed E-state index contributed by atoms with van der Waals surface area (Å²) in [7, 11) is 0. The minimum absolute atomic E-state index is 0.0846. The zero-order valence-electron chi connectivity index (χ0n) is 10.8. The van der Waals surface area contributed by atoms with Crippen molar-refractivity contribution in [1.82, 2.24) is 5.32 Å². The highest BCUT2D eigenvalue weighted by Crippen LogP contribution is 2.23. The molecule has 2 rings (SSSR count). The van der Waals surface area contributed by atoms with Gasteiger partial charge in [-0.25, -0.2) is 0 Å². The first-order valence-electron chi connectivity index (χ1n) is 6.71. The van der Waals surface area contributed by atoms with Gasteiger partial charge in [-0.2, -0.15) is 0 Å². The number of aliphatic hydroxyl groups excluding tert-OH is 1. The maximum atomic E-state index is 9.47. The van der Waals surface area contributed by atoms with Crippen molar-refractivity contribution in [3.8, 4) is 0 Å². The van der Waals surface area contributed by atoms with Crippen LogP contribution in [0.4, 0.5) is 0 Å². The zero-order valence-corrected chi connectivity index (χ0v) is 10.8. The summed E-state index contributed by atoms with van der Waals surface area (Å²) in [5.41, 5.74) is 0. The highest BCUT2D eigenvalue weighted by molar-refractivity contribution is 5.10. The number of hydrogen-bond acceptors (Lipinski definition) is 3. The first kappa shape index (κ1) is 12.7. The average molecular weight is 237 g/mol. The quantitative estimate of drug-likeness (QED) is 0.846. The lowest BCUT2D eigenvalue weighted by atomic mass is 9.92. The largest absolute Gasteiger partial charge is 0.464 e. The van der Waals surface area contributed by atoms with Crippen molar-refractivity contribution >= 4 is 0 Å². The molecule has 1 unspecified atom stereocenters. The van der Waals surface area contributed by atoms with E-state index in [-0.39, 0.29) is 12.1 Å². The Kier molecular flexibility index (Phi) is 4.24. The standard InChI is InChI=1S/C14H23NO2/c1-3-13-8-9-14(17-13)10(2)15-11-4-6-12(16)7-5-11/h8-12,15-16H,3-7H2,1-2H3. The third-order valence-corrected chi connectivity index (χ3v) is 3.64. The van der Waals surface area contributed by atoms with Crippen molar-refractivity contribution in [3.63, 3.8) is 0 Å². The Balaban J connectivity index is 1.86. The molecule has 1 atom stereocenters. The van der Waals surface area contributed by atoms with Crippen molar-refractivity contribution in [1.29, 1.82) is 0 Å². The lowest BCUT2D eigenvalue weighted by Crippen LogP contribution is -2.36. The van der Waals surface area contributed by atoms with E-state index >= 15 is 0 Å². The molecule has 1 aromatic heterocycles. The van der Waals surface area contributed by atoms with Crippen molar-refractivity contribution < 1.29 is 9.52 Å². The first-order valence-corrected chi connectivity index (χ1v) is 6.71. The lowest BCUT2D eigenvalue weighted by molar-refractivity contribution is 0.114. The van der Waals surface area contributed by atoms with Crippen LogP contribution in [0, 0.1) is 0 Å². The van der Waals surface area contributed by atoms with Crippen molar-refractivity contribution in [2.75, 3.05) is 0 Å². The van der Waals surface area contributed by atoms with Crippen molar-refractivity contribution in [2.24, 2.45) is 0 Å². The van der Waals surface area contributed by atoms with Gasteiger partial charge in [0.1, 0.15) is 11.5 Å². The van der Waals surface area contributed by atoms with E-state index in [9.17, 15) is 5.11 Å². The molecule has 1 fully saturated rings. The van der Waals surface area contributed by atoms with Crippen LogP contribution in [0.3, 0.4) is 0 Å². The second-order valence-corrected chi connectivity index (χ2v) is 5.05. The summed E-state index contributed by atoms with van der Waals surface area (Å²) in [6.45, 7) is 4.24. The molecule has 2 N–H and O–H groups in total. The molecule has 0 spiro atoms. The van der Waals surface area contributed by atoms with Gasteiger partial charge in [-0.05, 0) is 44.7 Å². The Bertz CT molecular complexity index is 340. The van der Waals surface area contributed by atoms with Crippen LogP contribution in [0.1, 0.15) is 57.1 Å². The molecule has 1 aliphatic rings. The first-order chi connectivity index (χ1) is 8.19. The Morgan fingerprint density at radius 1 is 1.35 bits per heavy atom. The SMILES string of the molecule is CCc1ccc(C(C)NC2CCC(O)CC2)o1. The topological polar surface area (TPSA) is 45.4 Å². The molecule has 0 saturated heterocycles. The molecule has 1 aliphatic carbocycles. The highest BCUT2D eigenvalue weighted by atomic mass is 16.3. The van der Waals surface area contributed by atoms with Gasteiger partial charge >= 0.3 is 0 Å². The van der Waals surface area contributed by atoms with E-state index in [1.165, 1.54) is 0 Å². The Labute approximate surface area is 103 Å². The van der Waals surface area contributed by atoms with E-state index in [4.69, 9.17) is 4.42 Å². The molecular weight excluding hydrogens is 214 g/mol. The van der Waals surface area contributed by atoms with Crippen molar-refractivity contribution in [3.05, 3.63) is 23.7 Å². The summed E-state index contributed by atoms with van der Waals surface area (Å²) in [5, 5.41) is 13.1. The van der Waals surface area contributed by atoms with Gasteiger partial charge in [0.15, 0.2) is 0 Å². The molecule has 0 aromatic carbocycles. The molecule has 1 aromatic rings. The maximum Gasteiger partial charge on any atom is 0.120 e. The van der Waals surface area contributed by atoms with Gasteiger partial charge in [0, 0.05) is 12.5 Å². The Morgan fingerprint density at radius 2 is 2.06 bits per heavy atom. The van der Waals surface area contributed by atoms with Gasteiger partial charge in [0.05, 0.1) is 12.1 Å². The smallest absolute Gasteiger partial charge is 0.120 e. The number of aliphatic hydroxyl groups is 1. The van der Waals surface area contributed by atoms with E-state index in [2.05, 4.69) is 31.3 Å². The zero-order chi connectivity index (χ0) is 12.3. The van der Waals surface area contributed by atoms with E-state index in [1.54, 1.807) is 0 Å². The number of aryl methyl sites for hydroxylation is 1. The number of rotatable bonds is 4. The predicted molar refractivity (Wildman–Crippen MR) is 67.9 cm³/mol. The van der Waals surface area contributed by atoms with Gasteiger partial charge < -0.3 is 14.8 Å². The molecule has 0 amide bonds. The summed E-state index contributed by atoms with van der Waals surface area (Å²) < 4.78 is 5.75. The average Bonchev–Trinajstić information content (AvgIpc) is 2.81. The van der Waals surface area contributed by atoms with E-state index in [0.29, 0.717) is 6.04 Å². The number of hydrogen-bond donors (Lipinski definition) is 2. The number of nitrogens with one attached hydrogen (secondary N) is 1. The normalized spacial score (nSPS) is 27.0. The minimum atomic E-state index is -0.0846. The Morgan fingerprint density at radius 3 is 2.65 bits per heavy atom. The van der Waals surface area contributed by atoms with Gasteiger partial charge in [0.2, 0.25) is 0 Å². The third-order valence-electron chi connectivity index (χ3n) is 3.64. The van der Waals surface area contributed by atoms with Gasteiger partial charge in [0.25, 0.3) is 0 Å². The molecule has 96 valence electrons. The van der Waals surface area contributed by atoms with E-state index in [0.717, 1.165) is 43.6 Å². The van der Waals surface area contributed by atoms with Crippen LogP contribution < -0.4 is 5.32 Å². The van der Waals surface area contributed by atoms with E-state index < -0.39 is 0 Å². The molecular formula is C14H23NO2. The second-order valence-electron chi connectivity index (χ2n) is 5.05. The molecule has 3 nitrogen and oxygen atoms in total. The van der Waals surface area contributed by atoms with Crippen LogP contribution >= 0.6 is 0 Å².